The molecule has 0 spiro atoms. The molecule has 0 aliphatic carbocycles. The minimum Gasteiger partial charge on any atom is -0.480 e. The third-order valence-corrected chi connectivity index (χ3v) is 5.39. The van der Waals surface area contributed by atoms with Gasteiger partial charge in [0.15, 0.2) is 6.10 Å². The lowest BCUT2D eigenvalue weighted by atomic mass is 10.0. The summed E-state index contributed by atoms with van der Waals surface area (Å²) in [6, 6.07) is 6.28. The van der Waals surface area contributed by atoms with Crippen LogP contribution in [0.5, 0.6) is 5.75 Å². The molecule has 7 heteroatoms. The van der Waals surface area contributed by atoms with Gasteiger partial charge < -0.3 is 9.64 Å². The van der Waals surface area contributed by atoms with E-state index in [0.29, 0.717) is 19.5 Å². The van der Waals surface area contributed by atoms with Crippen LogP contribution in [0.1, 0.15) is 41.4 Å². The summed E-state index contributed by atoms with van der Waals surface area (Å²) in [7, 11) is 0. The van der Waals surface area contributed by atoms with Gasteiger partial charge in [-0.1, -0.05) is 6.07 Å². The second-order valence-electron chi connectivity index (χ2n) is 7.07. The highest BCUT2D eigenvalue weighted by molar-refractivity contribution is 5.82. The second-order valence-corrected chi connectivity index (χ2v) is 7.07. The third kappa shape index (κ3) is 2.92. The third-order valence-electron chi connectivity index (χ3n) is 5.39. The second kappa shape index (κ2) is 6.45. The molecule has 1 amide bonds. The molecular weight excluding hydrogens is 330 g/mol. The Labute approximate surface area is 152 Å². The number of fused-ring (bicyclic) bond motifs is 1. The number of hydrogen-bond donors (Lipinski definition) is 0. The lowest BCUT2D eigenvalue weighted by Gasteiger charge is -2.33. The Kier molecular flexibility index (Phi) is 4.11. The molecule has 0 radical (unpaired) electrons. The van der Waals surface area contributed by atoms with E-state index in [1.165, 1.54) is 11.1 Å². The molecule has 0 saturated carbocycles. The van der Waals surface area contributed by atoms with E-state index in [4.69, 9.17) is 10.00 Å². The molecular formula is C19H21N5O2. The number of piperidine rings is 1. The summed E-state index contributed by atoms with van der Waals surface area (Å²) in [4.78, 5) is 18.7. The van der Waals surface area contributed by atoms with E-state index in [0.717, 1.165) is 24.2 Å². The van der Waals surface area contributed by atoms with Crippen LogP contribution in [0.25, 0.3) is 0 Å². The Hall–Kier alpha value is -2.88. The van der Waals surface area contributed by atoms with Crippen molar-refractivity contribution in [3.8, 4) is 11.8 Å². The molecule has 26 heavy (non-hydrogen) atoms. The Morgan fingerprint density at radius 3 is 2.69 bits per heavy atom. The largest absolute Gasteiger partial charge is 0.480 e. The van der Waals surface area contributed by atoms with Gasteiger partial charge in [-0.15, -0.1) is 5.10 Å². The number of rotatable bonds is 2. The topological polar surface area (TPSA) is 84.0 Å². The van der Waals surface area contributed by atoms with Gasteiger partial charge in [0.1, 0.15) is 18.1 Å². The molecule has 1 aromatic carbocycles. The Bertz CT molecular complexity index is 859. The Balaban J connectivity index is 1.38. The molecule has 134 valence electrons. The monoisotopic (exact) mass is 351 g/mol. The zero-order chi connectivity index (χ0) is 18.3. The van der Waals surface area contributed by atoms with Crippen LogP contribution in [0.2, 0.25) is 0 Å². The van der Waals surface area contributed by atoms with Crippen molar-refractivity contribution in [2.24, 2.45) is 0 Å². The maximum atomic E-state index is 12.9. The number of aryl methyl sites for hydroxylation is 2. The van der Waals surface area contributed by atoms with Crippen LogP contribution < -0.4 is 4.74 Å². The number of benzene rings is 1. The summed E-state index contributed by atoms with van der Waals surface area (Å²) in [5, 5.41) is 13.0. The maximum Gasteiger partial charge on any atom is 0.263 e. The van der Waals surface area contributed by atoms with Gasteiger partial charge in [0.25, 0.3) is 11.7 Å². The molecule has 2 aromatic rings. The number of aromatic nitrogens is 3. The fourth-order valence-electron chi connectivity index (χ4n) is 3.71. The van der Waals surface area contributed by atoms with Crippen molar-refractivity contribution in [3.05, 3.63) is 41.0 Å². The van der Waals surface area contributed by atoms with Crippen molar-refractivity contribution in [3.63, 3.8) is 0 Å². The van der Waals surface area contributed by atoms with Crippen molar-refractivity contribution in [2.45, 2.75) is 45.3 Å². The number of ether oxygens (including phenoxy) is 1. The van der Waals surface area contributed by atoms with Gasteiger partial charge in [-0.25, -0.2) is 9.67 Å². The van der Waals surface area contributed by atoms with Crippen molar-refractivity contribution in [1.29, 1.82) is 5.26 Å². The molecule has 1 fully saturated rings. The Morgan fingerprint density at radius 1 is 1.27 bits per heavy atom. The number of carbonyl (C=O) groups is 1. The lowest BCUT2D eigenvalue weighted by Crippen LogP contribution is -2.45. The maximum absolute atomic E-state index is 12.9. The fourth-order valence-corrected chi connectivity index (χ4v) is 3.71. The van der Waals surface area contributed by atoms with Crippen LogP contribution in [0.15, 0.2) is 18.5 Å². The van der Waals surface area contributed by atoms with Gasteiger partial charge in [-0.2, -0.15) is 5.26 Å². The van der Waals surface area contributed by atoms with Gasteiger partial charge in [0.05, 0.1) is 6.04 Å². The number of nitriles is 1. The number of likely N-dealkylation sites (tertiary alicyclic amines) is 1. The first-order chi connectivity index (χ1) is 12.5. The first-order valence-corrected chi connectivity index (χ1v) is 8.92. The van der Waals surface area contributed by atoms with Crippen LogP contribution in [-0.2, 0) is 11.2 Å². The smallest absolute Gasteiger partial charge is 0.263 e. The van der Waals surface area contributed by atoms with E-state index < -0.39 is 6.10 Å². The van der Waals surface area contributed by atoms with Gasteiger partial charge in [0, 0.05) is 19.5 Å². The molecule has 3 heterocycles. The van der Waals surface area contributed by atoms with E-state index in [1.54, 1.807) is 11.0 Å². The standard InChI is InChI=1S/C19H21N5O2/c1-12-7-14-9-17(26-16(14)8-13(12)2)19(25)23-5-3-15(4-6-23)24-11-21-18(10-20)22-24/h7-8,11,15,17H,3-6,9H2,1-2H3. The average molecular weight is 351 g/mol. The Morgan fingerprint density at radius 2 is 2.00 bits per heavy atom. The van der Waals surface area contributed by atoms with Crippen LogP contribution in [-0.4, -0.2) is 44.8 Å². The summed E-state index contributed by atoms with van der Waals surface area (Å²) in [5.41, 5.74) is 3.53. The molecule has 1 aromatic heterocycles. The highest BCUT2D eigenvalue weighted by atomic mass is 16.5. The number of hydrogen-bond acceptors (Lipinski definition) is 5. The van der Waals surface area contributed by atoms with Crippen molar-refractivity contribution < 1.29 is 9.53 Å². The first kappa shape index (κ1) is 16.6. The highest BCUT2D eigenvalue weighted by Gasteiger charge is 2.34. The molecule has 1 atom stereocenters. The lowest BCUT2D eigenvalue weighted by molar-refractivity contribution is -0.139. The molecule has 2 aliphatic rings. The van der Waals surface area contributed by atoms with Gasteiger partial charge in [-0.3, -0.25) is 4.79 Å². The van der Waals surface area contributed by atoms with E-state index >= 15 is 0 Å². The number of carbonyl (C=O) groups excluding carboxylic acids is 1. The quantitative estimate of drug-likeness (QED) is 0.825. The zero-order valence-corrected chi connectivity index (χ0v) is 15.0. The summed E-state index contributed by atoms with van der Waals surface area (Å²) in [6.45, 7) is 5.47. The zero-order valence-electron chi connectivity index (χ0n) is 15.0. The van der Waals surface area contributed by atoms with Crippen LogP contribution >= 0.6 is 0 Å². The minimum atomic E-state index is -0.417. The van der Waals surface area contributed by atoms with E-state index in [1.807, 2.05) is 17.0 Å². The molecule has 7 nitrogen and oxygen atoms in total. The predicted octanol–water partition coefficient (Wildman–Crippen LogP) is 1.93. The van der Waals surface area contributed by atoms with Crippen LogP contribution in [0.4, 0.5) is 0 Å². The molecule has 0 N–H and O–H groups in total. The van der Waals surface area contributed by atoms with Crippen LogP contribution in [0, 0.1) is 25.2 Å². The van der Waals surface area contributed by atoms with Crippen LogP contribution in [0.3, 0.4) is 0 Å². The van der Waals surface area contributed by atoms with Crippen molar-refractivity contribution >= 4 is 5.91 Å². The molecule has 0 bridgehead atoms. The van der Waals surface area contributed by atoms with E-state index in [9.17, 15) is 4.79 Å². The van der Waals surface area contributed by atoms with E-state index in [2.05, 4.69) is 30.0 Å². The molecule has 1 unspecified atom stereocenters. The normalized spacial score (nSPS) is 19.7. The fraction of sp³-hybridized carbons (Fsp3) is 0.474. The van der Waals surface area contributed by atoms with Crippen molar-refractivity contribution in [1.82, 2.24) is 19.7 Å². The molecule has 4 rings (SSSR count). The van der Waals surface area contributed by atoms with Gasteiger partial charge in [0.2, 0.25) is 0 Å². The highest BCUT2D eigenvalue weighted by Crippen LogP contribution is 2.33. The number of nitrogens with zero attached hydrogens (tertiary/aromatic N) is 5. The number of amides is 1. The summed E-state index contributed by atoms with van der Waals surface area (Å²) in [6.07, 6.45) is 3.43. The SMILES string of the molecule is Cc1cc2c(cc1C)OC(C(=O)N1CCC(n3cnc(C#N)n3)CC1)C2. The summed E-state index contributed by atoms with van der Waals surface area (Å²) in [5.74, 6) is 1.09. The first-order valence-electron chi connectivity index (χ1n) is 8.92. The predicted molar refractivity (Wildman–Crippen MR) is 93.6 cm³/mol. The van der Waals surface area contributed by atoms with Gasteiger partial charge in [-0.05, 0) is 49.4 Å². The summed E-state index contributed by atoms with van der Waals surface area (Å²) < 4.78 is 7.68. The van der Waals surface area contributed by atoms with E-state index in [-0.39, 0.29) is 17.8 Å². The summed E-state index contributed by atoms with van der Waals surface area (Å²) >= 11 is 0. The molecule has 1 saturated heterocycles. The van der Waals surface area contributed by atoms with Gasteiger partial charge >= 0.3 is 0 Å². The minimum absolute atomic E-state index is 0.0614. The molecule has 2 aliphatic heterocycles. The van der Waals surface area contributed by atoms with Crippen molar-refractivity contribution in [2.75, 3.05) is 13.1 Å². The average Bonchev–Trinajstić information content (AvgIpc) is 3.28.